The van der Waals surface area contributed by atoms with E-state index in [2.05, 4.69) is 19.5 Å². The van der Waals surface area contributed by atoms with Crippen molar-refractivity contribution in [1.82, 2.24) is 9.88 Å². The molecule has 0 saturated carbocycles. The molecule has 1 saturated heterocycles. The number of aromatic nitrogens is 1. The molecule has 1 N–H and O–H groups in total. The minimum atomic E-state index is -3.48. The fourth-order valence-corrected chi connectivity index (χ4v) is 4.14. The average molecular weight is 421 g/mol. The predicted molar refractivity (Wildman–Crippen MR) is 110 cm³/mol. The third kappa shape index (κ3) is 5.78. The molecule has 11 heteroatoms. The van der Waals surface area contributed by atoms with E-state index in [0.717, 1.165) is 31.9 Å². The number of hydrogen-bond acceptors (Lipinski definition) is 8. The summed E-state index contributed by atoms with van der Waals surface area (Å²) >= 11 is 0. The van der Waals surface area contributed by atoms with Crippen LogP contribution in [-0.2, 0) is 10.0 Å². The topological polar surface area (TPSA) is 118 Å². The van der Waals surface area contributed by atoms with Crippen LogP contribution in [-0.4, -0.2) is 68.8 Å². The summed E-state index contributed by atoms with van der Waals surface area (Å²) in [7, 11) is -1.99. The van der Waals surface area contributed by atoms with E-state index in [1.165, 1.54) is 25.4 Å². The van der Waals surface area contributed by atoms with E-state index in [-0.39, 0.29) is 11.4 Å². The number of nitro groups is 1. The maximum absolute atomic E-state index is 12.3. The second-order valence-corrected chi connectivity index (χ2v) is 8.45. The van der Waals surface area contributed by atoms with Gasteiger partial charge in [-0.25, -0.2) is 13.4 Å². The van der Waals surface area contributed by atoms with Gasteiger partial charge in [-0.05, 0) is 18.2 Å². The summed E-state index contributed by atoms with van der Waals surface area (Å²) in [6, 6.07) is 9.67. The molecule has 1 aliphatic rings. The van der Waals surface area contributed by atoms with Crippen molar-refractivity contribution < 1.29 is 18.1 Å². The Labute approximate surface area is 169 Å². The lowest BCUT2D eigenvalue weighted by Crippen LogP contribution is -2.47. The Morgan fingerprint density at radius 3 is 2.38 bits per heavy atom. The fourth-order valence-electron chi connectivity index (χ4n) is 3.06. The van der Waals surface area contributed by atoms with Crippen LogP contribution in [0.5, 0.6) is 5.88 Å². The van der Waals surface area contributed by atoms with Crippen molar-refractivity contribution in [3.63, 3.8) is 0 Å². The van der Waals surface area contributed by atoms with Gasteiger partial charge in [-0.3, -0.25) is 19.7 Å². The number of nitrogens with zero attached hydrogens (tertiary/aromatic N) is 4. The Balaban J connectivity index is 1.46. The molecule has 156 valence electrons. The smallest absolute Gasteiger partial charge is 0.269 e. The molecule has 10 nitrogen and oxygen atoms in total. The molecule has 0 unspecified atom stereocenters. The van der Waals surface area contributed by atoms with E-state index < -0.39 is 14.9 Å². The molecule has 2 heterocycles. The van der Waals surface area contributed by atoms with Crippen LogP contribution in [0.15, 0.2) is 42.6 Å². The van der Waals surface area contributed by atoms with Crippen molar-refractivity contribution in [2.45, 2.75) is 0 Å². The molecule has 1 aromatic heterocycles. The van der Waals surface area contributed by atoms with E-state index in [4.69, 9.17) is 4.74 Å². The number of methoxy groups -OCH3 is 1. The summed E-state index contributed by atoms with van der Waals surface area (Å²) in [6.45, 7) is 3.32. The first kappa shape index (κ1) is 20.8. The van der Waals surface area contributed by atoms with Crippen molar-refractivity contribution in [3.05, 3.63) is 52.7 Å². The van der Waals surface area contributed by atoms with Gasteiger partial charge in [-0.1, -0.05) is 0 Å². The maximum atomic E-state index is 12.3. The van der Waals surface area contributed by atoms with Gasteiger partial charge in [0.1, 0.15) is 0 Å². The summed E-state index contributed by atoms with van der Waals surface area (Å²) in [4.78, 5) is 18.5. The Morgan fingerprint density at radius 1 is 1.14 bits per heavy atom. The number of sulfonamides is 1. The molecule has 0 amide bonds. The van der Waals surface area contributed by atoms with Crippen molar-refractivity contribution in [3.8, 4) is 5.88 Å². The third-order valence-corrected chi connectivity index (χ3v) is 5.96. The summed E-state index contributed by atoms with van der Waals surface area (Å²) in [5, 5.41) is 10.8. The van der Waals surface area contributed by atoms with Crippen LogP contribution >= 0.6 is 0 Å². The van der Waals surface area contributed by atoms with E-state index in [0.29, 0.717) is 18.1 Å². The van der Waals surface area contributed by atoms with Crippen LogP contribution in [0.4, 0.5) is 17.1 Å². The number of nitrogens with one attached hydrogen (secondary N) is 1. The SMILES string of the molecule is COc1ccc(NS(=O)(=O)CCN2CCN(c3ccc([N+](=O)[O-])cc3)CC2)cn1. The highest BCUT2D eigenvalue weighted by molar-refractivity contribution is 7.92. The Kier molecular flexibility index (Phi) is 6.49. The number of anilines is 2. The zero-order valence-electron chi connectivity index (χ0n) is 16.0. The molecular weight excluding hydrogens is 398 g/mol. The molecule has 2 aromatic rings. The molecule has 29 heavy (non-hydrogen) atoms. The molecular formula is C18H23N5O5S. The lowest BCUT2D eigenvalue weighted by molar-refractivity contribution is -0.384. The predicted octanol–water partition coefficient (Wildman–Crippen LogP) is 1.56. The van der Waals surface area contributed by atoms with Crippen molar-refractivity contribution in [2.75, 3.05) is 55.2 Å². The van der Waals surface area contributed by atoms with Gasteiger partial charge >= 0.3 is 0 Å². The van der Waals surface area contributed by atoms with Crippen LogP contribution < -0.4 is 14.4 Å². The molecule has 1 aliphatic heterocycles. The summed E-state index contributed by atoms with van der Waals surface area (Å²) in [5.74, 6) is 0.398. The van der Waals surface area contributed by atoms with Gasteiger partial charge in [0.05, 0.1) is 29.7 Å². The highest BCUT2D eigenvalue weighted by Gasteiger charge is 2.20. The lowest BCUT2D eigenvalue weighted by Gasteiger charge is -2.36. The zero-order chi connectivity index (χ0) is 20.9. The minimum absolute atomic E-state index is 0.0173. The number of ether oxygens (including phenoxy) is 1. The first-order valence-corrected chi connectivity index (χ1v) is 10.7. The van der Waals surface area contributed by atoms with E-state index in [1.807, 2.05) is 0 Å². The molecule has 0 radical (unpaired) electrons. The third-order valence-electron chi connectivity index (χ3n) is 4.69. The summed E-state index contributed by atoms with van der Waals surface area (Å²) in [5.41, 5.74) is 1.39. The van der Waals surface area contributed by atoms with Gasteiger partial charge in [-0.15, -0.1) is 0 Å². The normalized spacial score (nSPS) is 15.1. The molecule has 0 spiro atoms. The largest absolute Gasteiger partial charge is 0.481 e. The van der Waals surface area contributed by atoms with Gasteiger partial charge in [0.15, 0.2) is 0 Å². The number of non-ortho nitro benzene ring substituents is 1. The molecule has 0 atom stereocenters. The van der Waals surface area contributed by atoms with Crippen LogP contribution in [0.1, 0.15) is 0 Å². The fraction of sp³-hybridized carbons (Fsp3) is 0.389. The van der Waals surface area contributed by atoms with Crippen LogP contribution in [0, 0.1) is 10.1 Å². The number of nitro benzene ring substituents is 1. The first-order valence-electron chi connectivity index (χ1n) is 9.08. The number of pyridine rings is 1. The van der Waals surface area contributed by atoms with Gasteiger partial charge in [0.2, 0.25) is 15.9 Å². The highest BCUT2D eigenvalue weighted by atomic mass is 32.2. The van der Waals surface area contributed by atoms with Crippen molar-refractivity contribution >= 4 is 27.1 Å². The highest BCUT2D eigenvalue weighted by Crippen LogP contribution is 2.20. The summed E-state index contributed by atoms with van der Waals surface area (Å²) < 4.78 is 32.1. The number of benzene rings is 1. The maximum Gasteiger partial charge on any atom is 0.269 e. The van der Waals surface area contributed by atoms with Gasteiger partial charge in [0.25, 0.3) is 5.69 Å². The molecule has 3 rings (SSSR count). The van der Waals surface area contributed by atoms with Crippen LogP contribution in [0.25, 0.3) is 0 Å². The average Bonchev–Trinajstić information content (AvgIpc) is 2.73. The Morgan fingerprint density at radius 2 is 1.83 bits per heavy atom. The zero-order valence-corrected chi connectivity index (χ0v) is 16.8. The second-order valence-electron chi connectivity index (χ2n) is 6.61. The quantitative estimate of drug-likeness (QED) is 0.504. The van der Waals surface area contributed by atoms with Crippen molar-refractivity contribution in [1.29, 1.82) is 0 Å². The first-order chi connectivity index (χ1) is 13.9. The van der Waals surface area contributed by atoms with Crippen molar-refractivity contribution in [2.24, 2.45) is 0 Å². The Bertz CT molecular complexity index is 926. The molecule has 0 bridgehead atoms. The lowest BCUT2D eigenvalue weighted by atomic mass is 10.2. The van der Waals surface area contributed by atoms with Gasteiger partial charge < -0.3 is 9.64 Å². The van der Waals surface area contributed by atoms with E-state index in [1.54, 1.807) is 24.3 Å². The number of rotatable bonds is 8. The molecule has 1 fully saturated rings. The monoisotopic (exact) mass is 421 g/mol. The molecule has 1 aromatic carbocycles. The van der Waals surface area contributed by atoms with Crippen LogP contribution in [0.3, 0.4) is 0 Å². The van der Waals surface area contributed by atoms with Gasteiger partial charge in [0, 0.05) is 56.6 Å². The number of hydrogen-bond donors (Lipinski definition) is 1. The summed E-state index contributed by atoms with van der Waals surface area (Å²) in [6.07, 6.45) is 1.42. The van der Waals surface area contributed by atoms with Gasteiger partial charge in [-0.2, -0.15) is 0 Å². The number of piperazine rings is 1. The standard InChI is InChI=1S/C18H23N5O5S/c1-28-18-7-2-15(14-19-18)20-29(26,27)13-12-21-8-10-22(11-9-21)16-3-5-17(6-4-16)23(24)25/h2-7,14,20H,8-13H2,1H3. The Hall–Kier alpha value is -2.92. The van der Waals surface area contributed by atoms with Crippen LogP contribution in [0.2, 0.25) is 0 Å². The van der Waals surface area contributed by atoms with E-state index in [9.17, 15) is 18.5 Å². The van der Waals surface area contributed by atoms with E-state index >= 15 is 0 Å². The minimum Gasteiger partial charge on any atom is -0.481 e. The molecule has 0 aliphatic carbocycles. The second kappa shape index (κ2) is 9.05.